The number of nitrogens with one attached hydrogen (secondary N) is 1. The van der Waals surface area contributed by atoms with Gasteiger partial charge in [-0.1, -0.05) is 57.6 Å². The molecule has 164 valence electrons. The van der Waals surface area contributed by atoms with Gasteiger partial charge in [-0.3, -0.25) is 10.1 Å². The lowest BCUT2D eigenvalue weighted by Gasteiger charge is -2.10. The fourth-order valence-electron chi connectivity index (χ4n) is 3.51. The van der Waals surface area contributed by atoms with Crippen molar-refractivity contribution in [3.8, 4) is 11.3 Å². The van der Waals surface area contributed by atoms with Crippen LogP contribution in [0.5, 0.6) is 0 Å². The molecule has 1 amide bonds. The van der Waals surface area contributed by atoms with Crippen LogP contribution in [0.1, 0.15) is 10.4 Å². The Balaban J connectivity index is 1.55. The summed E-state index contributed by atoms with van der Waals surface area (Å²) in [6.45, 7) is 0. The van der Waals surface area contributed by atoms with Crippen LogP contribution in [-0.2, 0) is 9.84 Å². The Morgan fingerprint density at radius 3 is 2.55 bits per heavy atom. The number of para-hydroxylation sites is 1. The standard InChI is InChI=1S/C24H16BrN3O3S2/c1-33(30,31)16-9-10-20-22(12-16)32-24(27-20)28-23(29)18-13-21(14-5-4-6-15(25)11-14)26-19-8-3-2-7-17(18)19/h2-13H,1H3,(H,27,28,29). The maximum Gasteiger partial charge on any atom is 0.258 e. The summed E-state index contributed by atoms with van der Waals surface area (Å²) in [6, 6.07) is 21.7. The summed E-state index contributed by atoms with van der Waals surface area (Å²) in [7, 11) is -3.33. The molecule has 1 N–H and O–H groups in total. The summed E-state index contributed by atoms with van der Waals surface area (Å²) in [5, 5.41) is 3.99. The molecule has 5 aromatic rings. The van der Waals surface area contributed by atoms with E-state index in [-0.39, 0.29) is 10.8 Å². The van der Waals surface area contributed by atoms with Crippen LogP contribution in [-0.4, -0.2) is 30.5 Å². The topological polar surface area (TPSA) is 89.0 Å². The lowest BCUT2D eigenvalue weighted by atomic mass is 10.0. The number of anilines is 1. The second kappa shape index (κ2) is 8.33. The zero-order chi connectivity index (χ0) is 23.2. The Kier molecular flexibility index (Phi) is 5.48. The van der Waals surface area contributed by atoms with E-state index in [0.29, 0.717) is 32.1 Å². The Bertz CT molecular complexity index is 1660. The van der Waals surface area contributed by atoms with Crippen molar-refractivity contribution in [2.45, 2.75) is 4.90 Å². The normalized spacial score (nSPS) is 11.7. The largest absolute Gasteiger partial charge is 0.298 e. The number of aromatic nitrogens is 2. The third kappa shape index (κ3) is 4.39. The van der Waals surface area contributed by atoms with E-state index in [1.165, 1.54) is 17.4 Å². The molecule has 0 unspecified atom stereocenters. The van der Waals surface area contributed by atoms with Crippen LogP contribution < -0.4 is 5.32 Å². The van der Waals surface area contributed by atoms with Gasteiger partial charge in [0.2, 0.25) is 0 Å². The first-order valence-corrected chi connectivity index (χ1v) is 13.4. The number of amides is 1. The third-order valence-corrected chi connectivity index (χ3v) is 7.63. The van der Waals surface area contributed by atoms with Crippen molar-refractivity contribution in [3.05, 3.63) is 82.8 Å². The van der Waals surface area contributed by atoms with E-state index in [2.05, 4.69) is 26.2 Å². The molecule has 2 heterocycles. The highest BCUT2D eigenvalue weighted by Crippen LogP contribution is 2.30. The number of carbonyl (C=O) groups is 1. The number of benzene rings is 3. The first-order chi connectivity index (χ1) is 15.8. The summed E-state index contributed by atoms with van der Waals surface area (Å²) in [4.78, 5) is 22.7. The molecule has 0 spiro atoms. The number of nitrogens with zero attached hydrogens (tertiary/aromatic N) is 2. The minimum Gasteiger partial charge on any atom is -0.298 e. The van der Waals surface area contributed by atoms with E-state index < -0.39 is 9.84 Å². The molecule has 0 saturated carbocycles. The molecule has 0 aliphatic rings. The SMILES string of the molecule is CS(=O)(=O)c1ccc2nc(NC(=O)c3cc(-c4cccc(Br)c4)nc4ccccc34)sc2c1. The van der Waals surface area contributed by atoms with Crippen LogP contribution >= 0.6 is 27.3 Å². The number of carbonyl (C=O) groups excluding carboxylic acids is 1. The number of halogens is 1. The molecular weight excluding hydrogens is 522 g/mol. The predicted molar refractivity (Wildman–Crippen MR) is 136 cm³/mol. The average molecular weight is 538 g/mol. The molecule has 3 aromatic carbocycles. The van der Waals surface area contributed by atoms with Crippen LogP contribution in [0.2, 0.25) is 0 Å². The molecule has 0 bridgehead atoms. The van der Waals surface area contributed by atoms with E-state index in [1.54, 1.807) is 18.2 Å². The number of sulfone groups is 1. The predicted octanol–water partition coefficient (Wildman–Crippen LogP) is 5.93. The van der Waals surface area contributed by atoms with Crippen molar-refractivity contribution >= 4 is 69.3 Å². The molecule has 0 atom stereocenters. The molecule has 0 aliphatic heterocycles. The van der Waals surface area contributed by atoms with Gasteiger partial charge >= 0.3 is 0 Å². The van der Waals surface area contributed by atoms with E-state index in [9.17, 15) is 13.2 Å². The maximum absolute atomic E-state index is 13.3. The Morgan fingerprint density at radius 2 is 1.76 bits per heavy atom. The molecule has 0 fully saturated rings. The highest BCUT2D eigenvalue weighted by molar-refractivity contribution is 9.10. The first kappa shape index (κ1) is 21.7. The molecular formula is C24H16BrN3O3S2. The van der Waals surface area contributed by atoms with E-state index in [4.69, 9.17) is 4.98 Å². The van der Waals surface area contributed by atoms with Crippen LogP contribution in [0.15, 0.2) is 82.2 Å². The zero-order valence-electron chi connectivity index (χ0n) is 17.2. The second-order valence-electron chi connectivity index (χ2n) is 7.46. The summed E-state index contributed by atoms with van der Waals surface area (Å²) < 4.78 is 25.3. The molecule has 2 aromatic heterocycles. The van der Waals surface area contributed by atoms with Crippen molar-refractivity contribution in [3.63, 3.8) is 0 Å². The molecule has 0 aliphatic carbocycles. The van der Waals surface area contributed by atoms with Gasteiger partial charge in [0.25, 0.3) is 5.91 Å². The van der Waals surface area contributed by atoms with Crippen molar-refractivity contribution in [1.82, 2.24) is 9.97 Å². The average Bonchev–Trinajstić information content (AvgIpc) is 3.19. The Morgan fingerprint density at radius 1 is 0.939 bits per heavy atom. The van der Waals surface area contributed by atoms with Crippen LogP contribution in [0, 0.1) is 0 Å². The molecule has 33 heavy (non-hydrogen) atoms. The molecule has 0 saturated heterocycles. The minimum absolute atomic E-state index is 0.218. The lowest BCUT2D eigenvalue weighted by molar-refractivity contribution is 0.102. The number of hydrogen-bond donors (Lipinski definition) is 1. The van der Waals surface area contributed by atoms with Gasteiger partial charge in [-0.25, -0.2) is 18.4 Å². The van der Waals surface area contributed by atoms with Gasteiger partial charge in [-0.15, -0.1) is 0 Å². The van der Waals surface area contributed by atoms with Gasteiger partial charge in [0.05, 0.1) is 31.9 Å². The number of rotatable bonds is 4. The van der Waals surface area contributed by atoms with Gasteiger partial charge in [-0.2, -0.15) is 0 Å². The Hall–Kier alpha value is -3.14. The van der Waals surface area contributed by atoms with E-state index >= 15 is 0 Å². The molecule has 9 heteroatoms. The van der Waals surface area contributed by atoms with E-state index in [0.717, 1.165) is 21.7 Å². The van der Waals surface area contributed by atoms with Crippen molar-refractivity contribution in [2.75, 3.05) is 11.6 Å². The first-order valence-electron chi connectivity index (χ1n) is 9.86. The number of pyridine rings is 1. The third-order valence-electron chi connectivity index (χ3n) is 5.09. The highest BCUT2D eigenvalue weighted by Gasteiger charge is 2.17. The van der Waals surface area contributed by atoms with Crippen molar-refractivity contribution < 1.29 is 13.2 Å². The summed E-state index contributed by atoms with van der Waals surface area (Å²) >= 11 is 4.71. The van der Waals surface area contributed by atoms with Gasteiger partial charge in [0.15, 0.2) is 15.0 Å². The molecule has 6 nitrogen and oxygen atoms in total. The van der Waals surface area contributed by atoms with E-state index in [1.807, 2.05) is 48.5 Å². The van der Waals surface area contributed by atoms with Crippen LogP contribution in [0.25, 0.3) is 32.4 Å². The summed E-state index contributed by atoms with van der Waals surface area (Å²) in [5.74, 6) is -0.313. The second-order valence-corrected chi connectivity index (χ2v) is 11.4. The fraction of sp³-hybridized carbons (Fsp3) is 0.0417. The summed E-state index contributed by atoms with van der Waals surface area (Å²) in [6.07, 6.45) is 1.16. The monoisotopic (exact) mass is 537 g/mol. The Labute approximate surface area is 202 Å². The van der Waals surface area contributed by atoms with Gasteiger partial charge < -0.3 is 0 Å². The van der Waals surface area contributed by atoms with Crippen LogP contribution in [0.4, 0.5) is 5.13 Å². The lowest BCUT2D eigenvalue weighted by Crippen LogP contribution is -2.13. The van der Waals surface area contributed by atoms with Gasteiger partial charge in [0.1, 0.15) is 0 Å². The highest BCUT2D eigenvalue weighted by atomic mass is 79.9. The van der Waals surface area contributed by atoms with Crippen molar-refractivity contribution in [2.24, 2.45) is 0 Å². The fourth-order valence-corrected chi connectivity index (χ4v) is 5.53. The van der Waals surface area contributed by atoms with Crippen LogP contribution in [0.3, 0.4) is 0 Å². The van der Waals surface area contributed by atoms with Gasteiger partial charge in [0, 0.05) is 21.7 Å². The molecule has 0 radical (unpaired) electrons. The number of thiazole rings is 1. The quantitative estimate of drug-likeness (QED) is 0.307. The summed E-state index contributed by atoms with van der Waals surface area (Å²) in [5.41, 5.74) is 3.38. The molecule has 5 rings (SSSR count). The van der Waals surface area contributed by atoms with Crippen molar-refractivity contribution in [1.29, 1.82) is 0 Å². The number of fused-ring (bicyclic) bond motifs is 2. The maximum atomic E-state index is 13.3. The minimum atomic E-state index is -3.33. The smallest absolute Gasteiger partial charge is 0.258 e. The van der Waals surface area contributed by atoms with Gasteiger partial charge in [-0.05, 0) is 42.5 Å². The number of hydrogen-bond acceptors (Lipinski definition) is 6. The zero-order valence-corrected chi connectivity index (χ0v) is 20.5.